The quantitative estimate of drug-likeness (QED) is 0.411. The summed E-state index contributed by atoms with van der Waals surface area (Å²) in [7, 11) is 0. The summed E-state index contributed by atoms with van der Waals surface area (Å²) in [5, 5.41) is 23.4. The van der Waals surface area contributed by atoms with Crippen molar-refractivity contribution in [3.8, 4) is 0 Å². The number of hydrogen-bond donors (Lipinski definition) is 2. The minimum Gasteiger partial charge on any atom is -0.457 e. The highest BCUT2D eigenvalue weighted by atomic mass is 32.1. The van der Waals surface area contributed by atoms with Gasteiger partial charge in [0.15, 0.2) is 0 Å². The van der Waals surface area contributed by atoms with Gasteiger partial charge in [0.1, 0.15) is 11.9 Å². The van der Waals surface area contributed by atoms with E-state index < -0.39 is 35.6 Å². The highest BCUT2D eigenvalue weighted by Gasteiger charge is 2.53. The zero-order valence-corrected chi connectivity index (χ0v) is 24.3. The summed E-state index contributed by atoms with van der Waals surface area (Å²) in [6, 6.07) is 5.93. The van der Waals surface area contributed by atoms with Crippen LogP contribution >= 0.6 is 11.3 Å². The van der Waals surface area contributed by atoms with Gasteiger partial charge in [-0.15, -0.1) is 11.3 Å². The molecular formula is C30H41NO7S. The second kappa shape index (κ2) is 10.8. The molecular weight excluding hydrogens is 518 g/mol. The lowest BCUT2D eigenvalue weighted by Crippen LogP contribution is -2.47. The molecule has 1 aromatic carbocycles. The van der Waals surface area contributed by atoms with E-state index in [1.807, 2.05) is 32.0 Å². The number of cyclic esters (lactones) is 1. The Kier molecular flexibility index (Phi) is 7.94. The molecule has 9 heteroatoms. The first-order valence-electron chi connectivity index (χ1n) is 14.1. The lowest BCUT2D eigenvalue weighted by molar-refractivity contribution is -0.156. The SMILES string of the molecule is Cc1nc2cc([C@@H]3C[C@@H]4O[C@]4(C)CCC[C@H](C)C(O)[C@@H](CC4CO4)C(=O)C(C)(C)[C@@H](O)CC(=O)O3)ccc2s1. The molecule has 4 heterocycles. The molecule has 39 heavy (non-hydrogen) atoms. The molecule has 8 atom stereocenters. The van der Waals surface area contributed by atoms with E-state index in [4.69, 9.17) is 14.2 Å². The standard InChI is InChI=1S/C30H41NO7S/c1-16-7-6-10-30(5)25(38-30)13-22(18-8-9-23-21(11-18)31-17(2)39-23)37-26(33)14-24(32)29(3,4)28(35)20(27(16)34)12-19-15-36-19/h8-9,11,16,19-20,22,24-25,27,32,34H,6-7,10,12-15H2,1-5H3/t16-,19?,20+,22-,24-,25-,27?,30+/m0/s1. The number of fused-ring (bicyclic) bond motifs is 2. The molecule has 0 bridgehead atoms. The van der Waals surface area contributed by atoms with Gasteiger partial charge in [-0.3, -0.25) is 9.59 Å². The first kappa shape index (κ1) is 28.6. The summed E-state index contributed by atoms with van der Waals surface area (Å²) < 4.78 is 18.6. The second-order valence-corrected chi connectivity index (χ2v) is 13.8. The van der Waals surface area contributed by atoms with Gasteiger partial charge in [-0.25, -0.2) is 4.98 Å². The molecule has 1 aromatic heterocycles. The van der Waals surface area contributed by atoms with Crippen molar-refractivity contribution in [2.24, 2.45) is 17.3 Å². The maximum Gasteiger partial charge on any atom is 0.309 e. The third-order valence-corrected chi connectivity index (χ3v) is 9.99. The second-order valence-electron chi connectivity index (χ2n) is 12.6. The zero-order chi connectivity index (χ0) is 28.1. The van der Waals surface area contributed by atoms with Gasteiger partial charge in [0.2, 0.25) is 0 Å². The summed E-state index contributed by atoms with van der Waals surface area (Å²) in [4.78, 5) is 31.6. The number of hydrogen-bond acceptors (Lipinski definition) is 9. The van der Waals surface area contributed by atoms with Crippen LogP contribution in [-0.4, -0.2) is 63.6 Å². The van der Waals surface area contributed by atoms with Crippen molar-refractivity contribution in [1.29, 1.82) is 0 Å². The molecule has 5 rings (SSSR count). The normalized spacial score (nSPS) is 37.8. The maximum atomic E-state index is 13.8. The van der Waals surface area contributed by atoms with E-state index in [1.165, 1.54) is 0 Å². The van der Waals surface area contributed by atoms with Crippen LogP contribution in [0.5, 0.6) is 0 Å². The Labute approximate surface area is 234 Å². The number of rotatable bonds is 3. The van der Waals surface area contributed by atoms with Crippen molar-refractivity contribution in [1.82, 2.24) is 4.98 Å². The first-order chi connectivity index (χ1) is 18.4. The summed E-state index contributed by atoms with van der Waals surface area (Å²) in [5.74, 6) is -1.61. The number of thiazole rings is 1. The third kappa shape index (κ3) is 6.22. The van der Waals surface area contributed by atoms with Crippen molar-refractivity contribution < 1.29 is 34.0 Å². The summed E-state index contributed by atoms with van der Waals surface area (Å²) >= 11 is 1.62. The fourth-order valence-corrected chi connectivity index (χ4v) is 6.82. The molecule has 3 saturated heterocycles. The van der Waals surface area contributed by atoms with Crippen molar-refractivity contribution >= 4 is 33.3 Å². The Bertz CT molecular complexity index is 1220. The molecule has 0 spiro atoms. The van der Waals surface area contributed by atoms with Crippen LogP contribution in [0.4, 0.5) is 0 Å². The number of carbonyl (C=O) groups is 2. The predicted molar refractivity (Wildman–Crippen MR) is 147 cm³/mol. The average Bonchev–Trinajstić information content (AvgIpc) is 3.77. The number of Topliss-reactive ketones (excluding diaryl/α,β-unsaturated/α-hetero) is 1. The van der Waals surface area contributed by atoms with E-state index in [2.05, 4.69) is 11.9 Å². The molecule has 2 N–H and O–H groups in total. The predicted octanol–water partition coefficient (Wildman–Crippen LogP) is 4.67. The van der Waals surface area contributed by atoms with Gasteiger partial charge in [0.25, 0.3) is 0 Å². The molecule has 0 amide bonds. The van der Waals surface area contributed by atoms with Crippen LogP contribution in [0.3, 0.4) is 0 Å². The van der Waals surface area contributed by atoms with E-state index in [9.17, 15) is 19.8 Å². The third-order valence-electron chi connectivity index (χ3n) is 9.04. The molecule has 3 fully saturated rings. The minimum atomic E-state index is -1.26. The van der Waals surface area contributed by atoms with E-state index in [0.29, 0.717) is 19.4 Å². The molecule has 0 radical (unpaired) electrons. The maximum absolute atomic E-state index is 13.8. The number of benzene rings is 1. The number of esters is 1. The van der Waals surface area contributed by atoms with Gasteiger partial charge in [0.05, 0.1) is 63.7 Å². The van der Waals surface area contributed by atoms with Crippen molar-refractivity contribution in [3.63, 3.8) is 0 Å². The highest BCUT2D eigenvalue weighted by Crippen LogP contribution is 2.47. The Morgan fingerprint density at radius 3 is 2.64 bits per heavy atom. The molecule has 8 nitrogen and oxygen atoms in total. The molecule has 0 aliphatic carbocycles. The van der Waals surface area contributed by atoms with Crippen LogP contribution in [0.2, 0.25) is 0 Å². The van der Waals surface area contributed by atoms with Crippen molar-refractivity contribution in [2.45, 2.75) is 109 Å². The summed E-state index contributed by atoms with van der Waals surface area (Å²) in [6.45, 7) is 9.89. The Morgan fingerprint density at radius 1 is 1.18 bits per heavy atom. The average molecular weight is 560 g/mol. The van der Waals surface area contributed by atoms with E-state index in [1.54, 1.807) is 25.2 Å². The number of aryl methyl sites for hydroxylation is 1. The topological polar surface area (TPSA) is 122 Å². The molecule has 0 saturated carbocycles. The van der Waals surface area contributed by atoms with Gasteiger partial charge in [0, 0.05) is 12.3 Å². The van der Waals surface area contributed by atoms with Crippen LogP contribution in [-0.2, 0) is 23.8 Å². The number of aliphatic hydroxyl groups is 2. The number of ether oxygens (including phenoxy) is 3. The zero-order valence-electron chi connectivity index (χ0n) is 23.5. The van der Waals surface area contributed by atoms with Crippen LogP contribution in [0, 0.1) is 24.2 Å². The van der Waals surface area contributed by atoms with Gasteiger partial charge in [-0.05, 0) is 56.7 Å². The number of ketones is 1. The number of epoxide rings is 2. The number of carbonyl (C=O) groups excluding carboxylic acids is 2. The first-order valence-corrected chi connectivity index (χ1v) is 15.0. The number of aliphatic hydroxyl groups excluding tert-OH is 2. The molecule has 214 valence electrons. The van der Waals surface area contributed by atoms with E-state index in [-0.39, 0.29) is 35.9 Å². The highest BCUT2D eigenvalue weighted by molar-refractivity contribution is 7.18. The van der Waals surface area contributed by atoms with Crippen LogP contribution in [0.15, 0.2) is 18.2 Å². The molecule has 3 aliphatic rings. The molecule has 2 aromatic rings. The largest absolute Gasteiger partial charge is 0.457 e. The van der Waals surface area contributed by atoms with Crippen LogP contribution in [0.25, 0.3) is 10.2 Å². The molecule has 2 unspecified atom stereocenters. The summed E-state index contributed by atoms with van der Waals surface area (Å²) in [6.07, 6.45) is 0.189. The van der Waals surface area contributed by atoms with Crippen LogP contribution < -0.4 is 0 Å². The Hall–Kier alpha value is -1.91. The van der Waals surface area contributed by atoms with Crippen molar-refractivity contribution in [2.75, 3.05) is 6.61 Å². The van der Waals surface area contributed by atoms with E-state index in [0.717, 1.165) is 40.1 Å². The van der Waals surface area contributed by atoms with Gasteiger partial charge in [-0.2, -0.15) is 0 Å². The monoisotopic (exact) mass is 559 g/mol. The van der Waals surface area contributed by atoms with Crippen molar-refractivity contribution in [3.05, 3.63) is 28.8 Å². The van der Waals surface area contributed by atoms with Crippen LogP contribution in [0.1, 0.15) is 82.9 Å². The smallest absolute Gasteiger partial charge is 0.309 e. The lowest BCUT2D eigenvalue weighted by Gasteiger charge is -2.36. The Morgan fingerprint density at radius 2 is 1.92 bits per heavy atom. The van der Waals surface area contributed by atoms with E-state index >= 15 is 0 Å². The minimum absolute atomic E-state index is 0.0524. The fourth-order valence-electron chi connectivity index (χ4n) is 6.01. The number of aromatic nitrogens is 1. The summed E-state index contributed by atoms with van der Waals surface area (Å²) in [5.41, 5.74) is 0.127. The molecule has 3 aliphatic heterocycles. The fraction of sp³-hybridized carbons (Fsp3) is 0.700. The van der Waals surface area contributed by atoms with Gasteiger partial charge >= 0.3 is 5.97 Å². The van der Waals surface area contributed by atoms with Gasteiger partial charge in [-0.1, -0.05) is 33.3 Å². The Balaban J connectivity index is 1.41. The lowest BCUT2D eigenvalue weighted by atomic mass is 9.71. The van der Waals surface area contributed by atoms with Gasteiger partial charge < -0.3 is 24.4 Å². The number of nitrogens with zero attached hydrogens (tertiary/aromatic N) is 1.